The summed E-state index contributed by atoms with van der Waals surface area (Å²) in [6.07, 6.45) is 0. The van der Waals surface area contributed by atoms with Crippen molar-refractivity contribution in [1.82, 2.24) is 20.3 Å². The maximum Gasteiger partial charge on any atom is 0.330 e. The average molecular weight is 332 g/mol. The minimum absolute atomic E-state index is 0.123. The number of carbonyl (C=O) groups excluding carboxylic acids is 2. The lowest BCUT2D eigenvalue weighted by atomic mass is 10.1. The van der Waals surface area contributed by atoms with Crippen LogP contribution < -0.4 is 10.1 Å². The van der Waals surface area contributed by atoms with Gasteiger partial charge in [0.05, 0.1) is 19.9 Å². The Morgan fingerprint density at radius 1 is 1.21 bits per heavy atom. The van der Waals surface area contributed by atoms with Crippen LogP contribution in [0.4, 0.5) is 0 Å². The molecule has 2 aromatic rings. The summed E-state index contributed by atoms with van der Waals surface area (Å²) in [5, 5.41) is 10.5. The molecule has 0 spiro atoms. The van der Waals surface area contributed by atoms with Gasteiger partial charge < -0.3 is 14.8 Å². The van der Waals surface area contributed by atoms with Crippen molar-refractivity contribution in [2.45, 2.75) is 26.3 Å². The predicted molar refractivity (Wildman–Crippen MR) is 86.2 cm³/mol. The van der Waals surface area contributed by atoms with Crippen molar-refractivity contribution in [2.24, 2.45) is 0 Å². The number of esters is 1. The molecule has 8 heteroatoms. The molecule has 1 heterocycles. The van der Waals surface area contributed by atoms with Gasteiger partial charge in [-0.05, 0) is 32.9 Å². The van der Waals surface area contributed by atoms with Crippen molar-refractivity contribution < 1.29 is 19.1 Å². The standard InChI is InChI=1S/C16H20N4O4/c1-10-13(14(21)17-16(2,3)15(22)24-5)18-19-20(10)11-8-6-7-9-12(11)23-4/h6-9H,1-5H3,(H,17,21). The van der Waals surface area contributed by atoms with Crippen LogP contribution in [0.15, 0.2) is 24.3 Å². The third-order valence-corrected chi connectivity index (χ3v) is 3.54. The fraction of sp³-hybridized carbons (Fsp3) is 0.375. The molecule has 24 heavy (non-hydrogen) atoms. The highest BCUT2D eigenvalue weighted by atomic mass is 16.5. The minimum atomic E-state index is -1.17. The van der Waals surface area contributed by atoms with Crippen molar-refractivity contribution in [3.05, 3.63) is 35.7 Å². The van der Waals surface area contributed by atoms with E-state index in [1.54, 1.807) is 40.0 Å². The lowest BCUT2D eigenvalue weighted by Crippen LogP contribution is -2.50. The molecular formula is C16H20N4O4. The van der Waals surface area contributed by atoms with Crippen LogP contribution in [0.5, 0.6) is 5.75 Å². The Hall–Kier alpha value is -2.90. The van der Waals surface area contributed by atoms with E-state index < -0.39 is 17.4 Å². The molecule has 1 aromatic carbocycles. The van der Waals surface area contributed by atoms with Crippen molar-refractivity contribution >= 4 is 11.9 Å². The molecule has 0 aliphatic rings. The summed E-state index contributed by atoms with van der Waals surface area (Å²) >= 11 is 0. The highest BCUT2D eigenvalue weighted by molar-refractivity contribution is 5.97. The van der Waals surface area contributed by atoms with E-state index in [-0.39, 0.29) is 5.69 Å². The van der Waals surface area contributed by atoms with E-state index in [1.165, 1.54) is 11.8 Å². The fourth-order valence-electron chi connectivity index (χ4n) is 2.22. The molecule has 0 radical (unpaired) electrons. The van der Waals surface area contributed by atoms with Gasteiger partial charge >= 0.3 is 5.97 Å². The Bertz CT molecular complexity index is 767. The monoisotopic (exact) mass is 332 g/mol. The summed E-state index contributed by atoms with van der Waals surface area (Å²) in [5.74, 6) is -0.456. The van der Waals surface area contributed by atoms with Gasteiger partial charge in [-0.2, -0.15) is 0 Å². The number of hydrogen-bond acceptors (Lipinski definition) is 6. The molecule has 1 aromatic heterocycles. The van der Waals surface area contributed by atoms with Crippen LogP contribution in [0.1, 0.15) is 30.0 Å². The van der Waals surface area contributed by atoms with Crippen LogP contribution in [0, 0.1) is 6.92 Å². The van der Waals surface area contributed by atoms with Gasteiger partial charge in [0.2, 0.25) is 0 Å². The largest absolute Gasteiger partial charge is 0.494 e. The molecule has 0 unspecified atom stereocenters. The number of benzene rings is 1. The smallest absolute Gasteiger partial charge is 0.330 e. The van der Waals surface area contributed by atoms with Gasteiger partial charge in [0.15, 0.2) is 5.69 Å². The second-order valence-electron chi connectivity index (χ2n) is 5.68. The summed E-state index contributed by atoms with van der Waals surface area (Å²) in [7, 11) is 2.82. The first kappa shape index (κ1) is 17.5. The molecule has 0 aliphatic carbocycles. The first-order chi connectivity index (χ1) is 11.3. The zero-order valence-electron chi connectivity index (χ0n) is 14.3. The van der Waals surface area contributed by atoms with Gasteiger partial charge in [-0.3, -0.25) is 4.79 Å². The third kappa shape index (κ3) is 3.22. The second kappa shape index (κ2) is 6.69. The van der Waals surface area contributed by atoms with Gasteiger partial charge in [0.1, 0.15) is 17.0 Å². The summed E-state index contributed by atoms with van der Waals surface area (Å²) in [6.45, 7) is 4.82. The van der Waals surface area contributed by atoms with Crippen molar-refractivity contribution in [3.63, 3.8) is 0 Å². The van der Waals surface area contributed by atoms with Gasteiger partial charge in [0.25, 0.3) is 5.91 Å². The number of ether oxygens (including phenoxy) is 2. The van der Waals surface area contributed by atoms with Crippen LogP contribution in [0.3, 0.4) is 0 Å². The first-order valence-electron chi connectivity index (χ1n) is 7.28. The Labute approximate surface area is 139 Å². The molecule has 0 fully saturated rings. The van der Waals surface area contributed by atoms with Crippen molar-refractivity contribution in [3.8, 4) is 11.4 Å². The number of methoxy groups -OCH3 is 2. The van der Waals surface area contributed by atoms with E-state index in [4.69, 9.17) is 4.74 Å². The normalized spacial score (nSPS) is 11.0. The van der Waals surface area contributed by atoms with Crippen molar-refractivity contribution in [2.75, 3.05) is 14.2 Å². The Morgan fingerprint density at radius 2 is 1.88 bits per heavy atom. The van der Waals surface area contributed by atoms with Gasteiger partial charge in [0, 0.05) is 0 Å². The van der Waals surface area contributed by atoms with Crippen LogP contribution in [0.25, 0.3) is 5.69 Å². The number of carbonyl (C=O) groups is 2. The third-order valence-electron chi connectivity index (χ3n) is 3.54. The molecule has 1 amide bonds. The second-order valence-corrected chi connectivity index (χ2v) is 5.68. The van der Waals surface area contributed by atoms with Gasteiger partial charge in [-0.1, -0.05) is 17.3 Å². The molecule has 1 N–H and O–H groups in total. The molecule has 2 rings (SSSR count). The molecule has 0 saturated carbocycles. The van der Waals surface area contributed by atoms with E-state index in [2.05, 4.69) is 20.4 Å². The summed E-state index contributed by atoms with van der Waals surface area (Å²) in [6, 6.07) is 7.26. The fourth-order valence-corrected chi connectivity index (χ4v) is 2.22. The Kier molecular flexibility index (Phi) is 4.87. The topological polar surface area (TPSA) is 95.3 Å². The van der Waals surface area contributed by atoms with Crippen LogP contribution in [0.2, 0.25) is 0 Å². The minimum Gasteiger partial charge on any atom is -0.494 e. The molecular weight excluding hydrogens is 312 g/mol. The molecule has 0 atom stereocenters. The SMILES string of the molecule is COC(=O)C(C)(C)NC(=O)c1nnn(-c2ccccc2OC)c1C. The van der Waals surface area contributed by atoms with E-state index in [1.807, 2.05) is 12.1 Å². The lowest BCUT2D eigenvalue weighted by molar-refractivity contribution is -0.146. The number of aromatic nitrogens is 3. The number of hydrogen-bond donors (Lipinski definition) is 1. The first-order valence-corrected chi connectivity index (χ1v) is 7.28. The van der Waals surface area contributed by atoms with Crippen molar-refractivity contribution in [1.29, 1.82) is 0 Å². The zero-order valence-corrected chi connectivity index (χ0v) is 14.3. The average Bonchev–Trinajstić information content (AvgIpc) is 2.95. The highest BCUT2D eigenvalue weighted by Gasteiger charge is 2.32. The predicted octanol–water partition coefficient (Wildman–Crippen LogP) is 1.27. The van der Waals surface area contributed by atoms with Crippen LogP contribution in [-0.2, 0) is 9.53 Å². The van der Waals surface area contributed by atoms with E-state index in [9.17, 15) is 9.59 Å². The van der Waals surface area contributed by atoms with Crippen LogP contribution in [-0.4, -0.2) is 46.6 Å². The lowest BCUT2D eigenvalue weighted by Gasteiger charge is -2.22. The quantitative estimate of drug-likeness (QED) is 0.828. The number of amides is 1. The molecule has 0 saturated heterocycles. The number of para-hydroxylation sites is 2. The molecule has 128 valence electrons. The maximum absolute atomic E-state index is 12.4. The van der Waals surface area contributed by atoms with E-state index in [0.29, 0.717) is 17.1 Å². The number of rotatable bonds is 5. The van der Waals surface area contributed by atoms with Gasteiger partial charge in [-0.25, -0.2) is 9.48 Å². The number of nitrogens with one attached hydrogen (secondary N) is 1. The molecule has 0 bridgehead atoms. The van der Waals surface area contributed by atoms with E-state index >= 15 is 0 Å². The zero-order chi connectivity index (χ0) is 17.9. The summed E-state index contributed by atoms with van der Waals surface area (Å²) in [4.78, 5) is 24.1. The molecule has 0 aliphatic heterocycles. The summed E-state index contributed by atoms with van der Waals surface area (Å²) < 4.78 is 11.5. The summed E-state index contributed by atoms with van der Waals surface area (Å²) in [5.41, 5.74) is 0.138. The molecule has 8 nitrogen and oxygen atoms in total. The Morgan fingerprint density at radius 3 is 2.50 bits per heavy atom. The van der Waals surface area contributed by atoms with Gasteiger partial charge in [-0.15, -0.1) is 5.10 Å². The van der Waals surface area contributed by atoms with Crippen LogP contribution >= 0.6 is 0 Å². The Balaban J connectivity index is 2.33. The maximum atomic E-state index is 12.4. The highest BCUT2D eigenvalue weighted by Crippen LogP contribution is 2.23. The van der Waals surface area contributed by atoms with E-state index in [0.717, 1.165) is 0 Å². The number of nitrogens with zero attached hydrogens (tertiary/aromatic N) is 3.